The molecule has 0 unspecified atom stereocenters. The lowest BCUT2D eigenvalue weighted by Crippen LogP contribution is -2.25. The Bertz CT molecular complexity index is 1180. The molecule has 4 rings (SSSR count). The third-order valence-corrected chi connectivity index (χ3v) is 4.68. The Morgan fingerprint density at radius 2 is 1.62 bits per heavy atom. The molecule has 6 nitrogen and oxygen atoms in total. The summed E-state index contributed by atoms with van der Waals surface area (Å²) in [7, 11) is 0. The fraction of sp³-hybridized carbons (Fsp3) is 0.120. The predicted molar refractivity (Wildman–Crippen MR) is 117 cm³/mol. The lowest BCUT2D eigenvalue weighted by atomic mass is 10.1. The number of ether oxygens (including phenoxy) is 2. The molecule has 4 aromatic rings. The van der Waals surface area contributed by atoms with Gasteiger partial charge in [0.15, 0.2) is 5.78 Å². The Labute approximate surface area is 184 Å². The molecule has 0 aliphatic heterocycles. The molecular weight excluding hydrogens is 411 g/mol. The van der Waals surface area contributed by atoms with Gasteiger partial charge in [-0.05, 0) is 48.5 Å². The van der Waals surface area contributed by atoms with E-state index in [0.29, 0.717) is 22.6 Å². The molecule has 32 heavy (non-hydrogen) atoms. The zero-order valence-electron chi connectivity index (χ0n) is 17.1. The Morgan fingerprint density at radius 1 is 0.938 bits per heavy atom. The molecule has 0 saturated carbocycles. The second-order valence-corrected chi connectivity index (χ2v) is 7.06. The van der Waals surface area contributed by atoms with Crippen molar-refractivity contribution in [2.75, 3.05) is 13.2 Å². The number of halogens is 1. The van der Waals surface area contributed by atoms with Gasteiger partial charge in [0.05, 0.1) is 23.0 Å². The van der Waals surface area contributed by atoms with Gasteiger partial charge in [0.1, 0.15) is 36.6 Å². The molecule has 7 heteroatoms. The third kappa shape index (κ3) is 5.19. The average molecular weight is 432 g/mol. The summed E-state index contributed by atoms with van der Waals surface area (Å²) in [6.45, 7) is -0.111. The van der Waals surface area contributed by atoms with Gasteiger partial charge in [-0.1, -0.05) is 30.3 Å². The fourth-order valence-corrected chi connectivity index (χ4v) is 3.05. The van der Waals surface area contributed by atoms with Gasteiger partial charge in [-0.2, -0.15) is 5.10 Å². The van der Waals surface area contributed by atoms with Crippen LogP contribution in [0.1, 0.15) is 15.9 Å². The lowest BCUT2D eigenvalue weighted by molar-refractivity contribution is 0.0621. The van der Waals surface area contributed by atoms with Crippen LogP contribution in [0.4, 0.5) is 4.39 Å². The minimum atomic E-state index is -0.941. The number of carbonyl (C=O) groups excluding carboxylic acids is 1. The highest BCUT2D eigenvalue weighted by Crippen LogP contribution is 2.22. The summed E-state index contributed by atoms with van der Waals surface area (Å²) in [5, 5.41) is 14.5. The van der Waals surface area contributed by atoms with Crippen molar-refractivity contribution < 1.29 is 23.8 Å². The highest BCUT2D eigenvalue weighted by Gasteiger charge is 2.17. The van der Waals surface area contributed by atoms with Crippen LogP contribution in [-0.2, 0) is 0 Å². The van der Waals surface area contributed by atoms with Crippen molar-refractivity contribution in [3.8, 4) is 17.2 Å². The van der Waals surface area contributed by atoms with Crippen LogP contribution in [0.5, 0.6) is 11.5 Å². The maximum Gasteiger partial charge on any atom is 0.199 e. The molecule has 0 spiro atoms. The normalized spacial score (nSPS) is 11.7. The number of ketones is 1. The molecule has 3 aromatic carbocycles. The van der Waals surface area contributed by atoms with Gasteiger partial charge in [0.2, 0.25) is 0 Å². The molecule has 0 fully saturated rings. The number of aliphatic hydroxyl groups is 1. The molecule has 162 valence electrons. The van der Waals surface area contributed by atoms with Gasteiger partial charge in [0.25, 0.3) is 0 Å². The summed E-state index contributed by atoms with van der Waals surface area (Å²) in [6, 6.07) is 21.8. The number of para-hydroxylation sites is 2. The summed E-state index contributed by atoms with van der Waals surface area (Å²) in [4.78, 5) is 13.0. The molecule has 0 radical (unpaired) electrons. The molecule has 0 aliphatic rings. The number of nitrogens with zero attached hydrogens (tertiary/aromatic N) is 2. The maximum absolute atomic E-state index is 13.0. The fourth-order valence-electron chi connectivity index (χ4n) is 3.05. The summed E-state index contributed by atoms with van der Waals surface area (Å²) < 4.78 is 25.7. The van der Waals surface area contributed by atoms with Crippen LogP contribution in [0.2, 0.25) is 0 Å². The summed E-state index contributed by atoms with van der Waals surface area (Å²) in [6.07, 6.45) is 2.24. The van der Waals surface area contributed by atoms with E-state index in [1.165, 1.54) is 30.5 Å². The second kappa shape index (κ2) is 9.89. The number of rotatable bonds is 9. The van der Waals surface area contributed by atoms with Crippen molar-refractivity contribution in [2.24, 2.45) is 0 Å². The minimum absolute atomic E-state index is 0.0361. The van der Waals surface area contributed by atoms with Crippen LogP contribution in [0.3, 0.4) is 0 Å². The molecule has 1 heterocycles. The van der Waals surface area contributed by atoms with Crippen molar-refractivity contribution >= 4 is 5.78 Å². The zero-order chi connectivity index (χ0) is 22.3. The number of benzene rings is 3. The summed E-state index contributed by atoms with van der Waals surface area (Å²) >= 11 is 0. The molecular formula is C25H21FN2O4. The highest BCUT2D eigenvalue weighted by atomic mass is 19.1. The average Bonchev–Trinajstić information content (AvgIpc) is 3.33. The minimum Gasteiger partial charge on any atom is -0.491 e. The van der Waals surface area contributed by atoms with Crippen molar-refractivity contribution in [3.63, 3.8) is 0 Å². The molecule has 1 aromatic heterocycles. The van der Waals surface area contributed by atoms with Gasteiger partial charge >= 0.3 is 0 Å². The van der Waals surface area contributed by atoms with Gasteiger partial charge in [-0.15, -0.1) is 0 Å². The maximum atomic E-state index is 13.0. The van der Waals surface area contributed by atoms with Crippen LogP contribution in [0.25, 0.3) is 5.69 Å². The van der Waals surface area contributed by atoms with Crippen LogP contribution in [0, 0.1) is 5.82 Å². The summed E-state index contributed by atoms with van der Waals surface area (Å²) in [5.41, 5.74) is 1.64. The largest absolute Gasteiger partial charge is 0.491 e. The predicted octanol–water partition coefficient (Wildman–Crippen LogP) is 4.06. The topological polar surface area (TPSA) is 73.6 Å². The van der Waals surface area contributed by atoms with Crippen LogP contribution < -0.4 is 9.47 Å². The quantitative estimate of drug-likeness (QED) is 0.404. The van der Waals surface area contributed by atoms with Crippen LogP contribution >= 0.6 is 0 Å². The van der Waals surface area contributed by atoms with E-state index in [0.717, 1.165) is 5.69 Å². The van der Waals surface area contributed by atoms with Crippen molar-refractivity contribution in [3.05, 3.63) is 108 Å². The van der Waals surface area contributed by atoms with E-state index in [1.807, 2.05) is 30.3 Å². The Balaban J connectivity index is 1.39. The first kappa shape index (κ1) is 21.3. The SMILES string of the molecule is O=C(c1cnn(-c2ccccc2)c1)c1ccccc1OC[C@H](O)COc1ccc(F)cc1. The number of hydrogen-bond acceptors (Lipinski definition) is 5. The molecule has 0 bridgehead atoms. The third-order valence-electron chi connectivity index (χ3n) is 4.68. The molecule has 0 saturated heterocycles. The molecule has 0 aliphatic carbocycles. The smallest absolute Gasteiger partial charge is 0.199 e. The molecule has 0 amide bonds. The van der Waals surface area contributed by atoms with E-state index >= 15 is 0 Å². The molecule has 1 N–H and O–H groups in total. The number of carbonyl (C=O) groups is 1. The van der Waals surface area contributed by atoms with E-state index in [1.54, 1.807) is 35.1 Å². The van der Waals surface area contributed by atoms with Crippen molar-refractivity contribution in [1.82, 2.24) is 9.78 Å². The number of aromatic nitrogens is 2. The van der Waals surface area contributed by atoms with Gasteiger partial charge in [-0.3, -0.25) is 4.79 Å². The van der Waals surface area contributed by atoms with E-state index in [4.69, 9.17) is 9.47 Å². The van der Waals surface area contributed by atoms with E-state index in [-0.39, 0.29) is 24.8 Å². The van der Waals surface area contributed by atoms with E-state index in [2.05, 4.69) is 5.10 Å². The monoisotopic (exact) mass is 432 g/mol. The molecule has 1 atom stereocenters. The van der Waals surface area contributed by atoms with Crippen LogP contribution in [-0.4, -0.2) is 40.0 Å². The van der Waals surface area contributed by atoms with Crippen molar-refractivity contribution in [2.45, 2.75) is 6.10 Å². The number of aliphatic hydroxyl groups excluding tert-OH is 1. The van der Waals surface area contributed by atoms with Gasteiger partial charge < -0.3 is 14.6 Å². The lowest BCUT2D eigenvalue weighted by Gasteiger charge is -2.15. The Morgan fingerprint density at radius 3 is 2.41 bits per heavy atom. The second-order valence-electron chi connectivity index (χ2n) is 7.06. The zero-order valence-corrected chi connectivity index (χ0v) is 17.1. The van der Waals surface area contributed by atoms with E-state index < -0.39 is 6.10 Å². The Kier molecular flexibility index (Phi) is 6.57. The van der Waals surface area contributed by atoms with Crippen LogP contribution in [0.15, 0.2) is 91.3 Å². The standard InChI is InChI=1S/C25H21FN2O4/c26-19-10-12-22(13-11-19)31-16-21(29)17-32-24-9-5-4-8-23(24)25(30)18-14-27-28(15-18)20-6-2-1-3-7-20/h1-15,21,29H,16-17H2/t21-/m1/s1. The number of hydrogen-bond donors (Lipinski definition) is 1. The van der Waals surface area contributed by atoms with Gasteiger partial charge in [-0.25, -0.2) is 9.07 Å². The van der Waals surface area contributed by atoms with E-state index in [9.17, 15) is 14.3 Å². The first-order chi connectivity index (χ1) is 15.6. The summed E-state index contributed by atoms with van der Waals surface area (Å²) in [5.74, 6) is 0.193. The first-order valence-corrected chi connectivity index (χ1v) is 10.0. The highest BCUT2D eigenvalue weighted by molar-refractivity contribution is 6.10. The Hall–Kier alpha value is -3.97. The van der Waals surface area contributed by atoms with Gasteiger partial charge in [0, 0.05) is 6.20 Å². The first-order valence-electron chi connectivity index (χ1n) is 10.0. The van der Waals surface area contributed by atoms with Crippen molar-refractivity contribution in [1.29, 1.82) is 0 Å².